The van der Waals surface area contributed by atoms with Gasteiger partial charge in [-0.25, -0.2) is 4.79 Å². The second-order valence-electron chi connectivity index (χ2n) is 6.23. The quantitative estimate of drug-likeness (QED) is 0.278. The fraction of sp³-hybridized carbons (Fsp3) is 0.263. The van der Waals surface area contributed by atoms with Gasteiger partial charge in [0.1, 0.15) is 12.3 Å². The monoisotopic (exact) mass is 390 g/mol. The van der Waals surface area contributed by atoms with Crippen LogP contribution in [0.1, 0.15) is 23.2 Å². The number of carbonyl (C=O) groups is 1. The first-order valence-corrected chi connectivity index (χ1v) is 10.0. The lowest BCUT2D eigenvalue weighted by Crippen LogP contribution is -2.36. The molecule has 142 valence electrons. The van der Waals surface area contributed by atoms with E-state index in [2.05, 4.69) is 0 Å². The normalized spacial score (nSPS) is 11.8. The molecular weight excluding hydrogens is 370 g/mol. The van der Waals surface area contributed by atoms with Crippen molar-refractivity contribution in [3.8, 4) is 5.75 Å². The summed E-state index contributed by atoms with van der Waals surface area (Å²) in [6.07, 6.45) is 0.820. The number of rotatable bonds is 7. The maximum atomic E-state index is 12.0. The van der Waals surface area contributed by atoms with Gasteiger partial charge >= 0.3 is 5.97 Å². The average Bonchev–Trinajstić information content (AvgIpc) is 2.62. The zero-order chi connectivity index (χ0) is 19.6. The summed E-state index contributed by atoms with van der Waals surface area (Å²) in [6.45, 7) is 0.485. The largest absolute Gasteiger partial charge is 0.497 e. The first-order valence-electron chi connectivity index (χ1n) is 8.42. The Bertz CT molecular complexity index is 1120. The van der Waals surface area contributed by atoms with E-state index in [0.717, 1.165) is 11.0 Å². The molecule has 1 heterocycles. The van der Waals surface area contributed by atoms with Crippen LogP contribution in [0.2, 0.25) is 0 Å². The third-order valence-corrected chi connectivity index (χ3v) is 5.28. The van der Waals surface area contributed by atoms with Crippen molar-refractivity contribution in [1.82, 2.24) is 0 Å². The first-order chi connectivity index (χ1) is 12.8. The maximum Gasteiger partial charge on any atom is 0.337 e. The van der Waals surface area contributed by atoms with Crippen LogP contribution in [0.25, 0.3) is 21.8 Å². The number of methoxy groups -OCH3 is 1. The van der Waals surface area contributed by atoms with E-state index in [1.54, 1.807) is 30.3 Å². The van der Waals surface area contributed by atoms with Crippen LogP contribution in [-0.2, 0) is 16.7 Å². The first kappa shape index (κ1) is 19.1. The Morgan fingerprint density at radius 3 is 2.44 bits per heavy atom. The zero-order valence-electron chi connectivity index (χ0n) is 14.8. The number of aromatic carboxylic acids is 1. The lowest BCUT2D eigenvalue weighted by atomic mass is 10.0. The molecule has 0 radical (unpaired) electrons. The highest BCUT2D eigenvalue weighted by molar-refractivity contribution is 7.85. The summed E-state index contributed by atoms with van der Waals surface area (Å²) >= 11 is 0. The SMILES string of the molecule is COc1ccc2c(c1)c(C(=O)O)c1ccccc1[n+]2CCCCS(=O)(=O)O. The van der Waals surface area contributed by atoms with Crippen LogP contribution in [0.5, 0.6) is 5.75 Å². The molecule has 0 aliphatic rings. The molecule has 2 N–H and O–H groups in total. The Balaban J connectivity index is 2.18. The van der Waals surface area contributed by atoms with Crippen LogP contribution >= 0.6 is 0 Å². The number of carboxylic acid groups (broad SMARTS) is 1. The number of para-hydroxylation sites is 1. The van der Waals surface area contributed by atoms with Gasteiger partial charge < -0.3 is 9.84 Å². The van der Waals surface area contributed by atoms with Gasteiger partial charge in [0, 0.05) is 18.6 Å². The van der Waals surface area contributed by atoms with Crippen molar-refractivity contribution < 1.29 is 32.2 Å². The van der Waals surface area contributed by atoms with Crippen molar-refractivity contribution in [2.24, 2.45) is 0 Å². The van der Waals surface area contributed by atoms with Crippen molar-refractivity contribution in [2.45, 2.75) is 19.4 Å². The average molecular weight is 390 g/mol. The predicted octanol–water partition coefficient (Wildman–Crippen LogP) is 2.66. The molecule has 1 aromatic heterocycles. The molecular formula is C19H20NO6S+. The minimum atomic E-state index is -3.99. The molecule has 0 aliphatic heterocycles. The number of fused-ring (bicyclic) bond motifs is 2. The Morgan fingerprint density at radius 1 is 1.07 bits per heavy atom. The number of hydrogen-bond donors (Lipinski definition) is 2. The standard InChI is InChI=1S/C19H19NO6S/c1-26-13-8-9-17-15(12-13)18(19(21)22)14-6-2-3-7-16(14)20(17)10-4-5-11-27(23,24)25/h2-3,6-9,12H,4-5,10-11H2,1H3,(H-,21,22,23,24,25)/p+1. The number of benzene rings is 2. The van der Waals surface area contributed by atoms with Crippen LogP contribution in [0.3, 0.4) is 0 Å². The molecule has 3 rings (SSSR count). The lowest BCUT2D eigenvalue weighted by molar-refractivity contribution is -0.645. The van der Waals surface area contributed by atoms with Crippen molar-refractivity contribution in [1.29, 1.82) is 0 Å². The Morgan fingerprint density at radius 2 is 1.78 bits per heavy atom. The third-order valence-electron chi connectivity index (χ3n) is 4.48. The van der Waals surface area contributed by atoms with Crippen LogP contribution in [-0.4, -0.2) is 36.9 Å². The third kappa shape index (κ3) is 4.01. The van der Waals surface area contributed by atoms with E-state index in [0.29, 0.717) is 35.9 Å². The molecule has 0 saturated carbocycles. The molecule has 7 nitrogen and oxygen atoms in total. The van der Waals surface area contributed by atoms with Crippen LogP contribution in [0, 0.1) is 0 Å². The molecule has 0 fully saturated rings. The maximum absolute atomic E-state index is 12.0. The smallest absolute Gasteiger partial charge is 0.337 e. The van der Waals surface area contributed by atoms with Gasteiger partial charge in [-0.1, -0.05) is 12.1 Å². The number of unbranched alkanes of at least 4 members (excludes halogenated alkanes) is 1. The van der Waals surface area contributed by atoms with Crippen molar-refractivity contribution in [3.05, 3.63) is 48.0 Å². The predicted molar refractivity (Wildman–Crippen MR) is 101 cm³/mol. The molecule has 0 aliphatic carbocycles. The Kier molecular flexibility index (Phi) is 5.29. The molecule has 0 amide bonds. The summed E-state index contributed by atoms with van der Waals surface area (Å²) in [5.41, 5.74) is 1.67. The number of ether oxygens (including phenoxy) is 1. The van der Waals surface area contributed by atoms with E-state index in [1.165, 1.54) is 7.11 Å². The molecule has 0 atom stereocenters. The molecule has 3 aromatic rings. The number of carboxylic acids is 1. The van der Waals surface area contributed by atoms with E-state index in [-0.39, 0.29) is 11.3 Å². The number of pyridine rings is 1. The Hall–Kier alpha value is -2.71. The van der Waals surface area contributed by atoms with Gasteiger partial charge in [-0.2, -0.15) is 13.0 Å². The van der Waals surface area contributed by atoms with Gasteiger partial charge in [0.25, 0.3) is 10.1 Å². The van der Waals surface area contributed by atoms with E-state index in [4.69, 9.17) is 9.29 Å². The minimum absolute atomic E-state index is 0.202. The summed E-state index contributed by atoms with van der Waals surface area (Å²) in [6, 6.07) is 12.5. The fourth-order valence-corrected chi connectivity index (χ4v) is 3.87. The lowest BCUT2D eigenvalue weighted by Gasteiger charge is -2.10. The number of aromatic nitrogens is 1. The van der Waals surface area contributed by atoms with E-state index in [1.807, 2.05) is 16.7 Å². The molecule has 0 spiro atoms. The Labute approximate surface area is 156 Å². The topological polar surface area (TPSA) is 105 Å². The summed E-state index contributed by atoms with van der Waals surface area (Å²) in [4.78, 5) is 12.0. The molecule has 8 heteroatoms. The summed E-state index contributed by atoms with van der Waals surface area (Å²) < 4.78 is 38.0. The number of aryl methyl sites for hydroxylation is 1. The fourth-order valence-electron chi connectivity index (χ4n) is 3.30. The van der Waals surface area contributed by atoms with E-state index < -0.39 is 16.1 Å². The molecule has 0 bridgehead atoms. The van der Waals surface area contributed by atoms with E-state index in [9.17, 15) is 18.3 Å². The summed E-state index contributed by atoms with van der Waals surface area (Å²) in [5, 5.41) is 10.9. The van der Waals surface area contributed by atoms with Crippen LogP contribution in [0.4, 0.5) is 0 Å². The minimum Gasteiger partial charge on any atom is -0.497 e. The molecule has 0 unspecified atom stereocenters. The van der Waals surface area contributed by atoms with Gasteiger partial charge in [-0.3, -0.25) is 4.55 Å². The van der Waals surface area contributed by atoms with Gasteiger partial charge in [0.2, 0.25) is 11.0 Å². The second kappa shape index (κ2) is 7.50. The zero-order valence-corrected chi connectivity index (χ0v) is 15.6. The van der Waals surface area contributed by atoms with Crippen molar-refractivity contribution in [3.63, 3.8) is 0 Å². The van der Waals surface area contributed by atoms with Gasteiger partial charge in [0.05, 0.1) is 29.2 Å². The highest BCUT2D eigenvalue weighted by Crippen LogP contribution is 2.28. The molecule has 2 aromatic carbocycles. The van der Waals surface area contributed by atoms with Gasteiger partial charge in [-0.15, -0.1) is 0 Å². The summed E-state index contributed by atoms with van der Waals surface area (Å²) in [5.74, 6) is -0.772. The van der Waals surface area contributed by atoms with Crippen molar-refractivity contribution in [2.75, 3.05) is 12.9 Å². The van der Waals surface area contributed by atoms with Crippen LogP contribution in [0.15, 0.2) is 42.5 Å². The highest BCUT2D eigenvalue weighted by Gasteiger charge is 2.24. The second-order valence-corrected chi connectivity index (χ2v) is 7.80. The van der Waals surface area contributed by atoms with Gasteiger partial charge in [0.15, 0.2) is 0 Å². The summed E-state index contributed by atoms with van der Waals surface area (Å²) in [7, 11) is -2.47. The number of hydrogen-bond acceptors (Lipinski definition) is 4. The molecule has 0 saturated heterocycles. The number of nitrogens with zero attached hydrogens (tertiary/aromatic N) is 1. The highest BCUT2D eigenvalue weighted by atomic mass is 32.2. The van der Waals surface area contributed by atoms with Crippen molar-refractivity contribution >= 4 is 37.9 Å². The van der Waals surface area contributed by atoms with E-state index >= 15 is 0 Å². The molecule has 27 heavy (non-hydrogen) atoms. The van der Waals surface area contributed by atoms with Gasteiger partial charge in [-0.05, 0) is 24.6 Å². The van der Waals surface area contributed by atoms with Crippen LogP contribution < -0.4 is 9.30 Å².